The van der Waals surface area contributed by atoms with Gasteiger partial charge >= 0.3 is 0 Å². The molecule has 0 atom stereocenters. The summed E-state index contributed by atoms with van der Waals surface area (Å²) in [6.45, 7) is 1.85. The molecular formula is C10H11ClN3O+. The van der Waals surface area contributed by atoms with Gasteiger partial charge in [0.2, 0.25) is 0 Å². The molecular weight excluding hydrogens is 214 g/mol. The Morgan fingerprint density at radius 2 is 2.20 bits per heavy atom. The molecule has 0 amide bonds. The molecule has 0 radical (unpaired) electrons. The van der Waals surface area contributed by atoms with Crippen molar-refractivity contribution in [2.45, 2.75) is 6.92 Å². The van der Waals surface area contributed by atoms with Crippen molar-refractivity contribution in [3.8, 4) is 17.1 Å². The zero-order valence-electron chi connectivity index (χ0n) is 8.44. The molecule has 0 saturated carbocycles. The van der Waals surface area contributed by atoms with Gasteiger partial charge in [0.15, 0.2) is 23.2 Å². The summed E-state index contributed by atoms with van der Waals surface area (Å²) in [7, 11) is 1.59. The number of aromatic nitrogens is 3. The average Bonchev–Trinajstić information content (AvgIpc) is 2.64. The Hall–Kier alpha value is -1.55. The van der Waals surface area contributed by atoms with E-state index in [9.17, 15) is 0 Å². The quantitative estimate of drug-likeness (QED) is 0.841. The van der Waals surface area contributed by atoms with Crippen LogP contribution in [0.15, 0.2) is 18.2 Å². The fourth-order valence-electron chi connectivity index (χ4n) is 1.37. The molecule has 1 N–H and O–H groups in total. The largest absolute Gasteiger partial charge is 0.490 e. The average molecular weight is 225 g/mol. The van der Waals surface area contributed by atoms with Crippen molar-refractivity contribution < 1.29 is 16.3 Å². The van der Waals surface area contributed by atoms with Crippen LogP contribution in [0.25, 0.3) is 11.4 Å². The lowest BCUT2D eigenvalue weighted by Gasteiger charge is -2.02. The van der Waals surface area contributed by atoms with E-state index in [0.29, 0.717) is 16.6 Å². The zero-order chi connectivity index (χ0) is 10.8. The van der Waals surface area contributed by atoms with Gasteiger partial charge in [-0.1, -0.05) is 6.07 Å². The number of halogens is 1. The summed E-state index contributed by atoms with van der Waals surface area (Å²) in [5.74, 6) is 2.02. The summed E-state index contributed by atoms with van der Waals surface area (Å²) in [4.78, 5) is 4.24. The molecule has 0 saturated heterocycles. The maximum atomic E-state index is 5.24. The molecule has 0 unspecified atom stereocenters. The second-order valence-electron chi connectivity index (χ2n) is 3.08. The third kappa shape index (κ3) is 1.80. The number of H-pyrrole nitrogens is 1. The molecule has 1 aromatic carbocycles. The lowest BCUT2D eigenvalue weighted by atomic mass is 10.2. The molecule has 1 aromatic heterocycles. The van der Waals surface area contributed by atoms with E-state index in [1.54, 1.807) is 7.11 Å². The van der Waals surface area contributed by atoms with E-state index in [0.717, 1.165) is 11.4 Å². The van der Waals surface area contributed by atoms with Crippen molar-refractivity contribution in [3.63, 3.8) is 0 Å². The van der Waals surface area contributed by atoms with Crippen molar-refractivity contribution in [1.29, 1.82) is 0 Å². The number of methoxy groups -OCH3 is 1. The molecule has 0 bridgehead atoms. The van der Waals surface area contributed by atoms with E-state index in [1.165, 1.54) is 0 Å². The predicted octanol–water partition coefficient (Wildman–Crippen LogP) is 1.48. The molecule has 4 nitrogen and oxygen atoms in total. The van der Waals surface area contributed by atoms with Gasteiger partial charge in [0.25, 0.3) is 5.02 Å². The molecule has 1 heterocycles. The molecule has 0 spiro atoms. The maximum absolute atomic E-state index is 5.24. The number of nitrogens with one attached hydrogen (secondary N) is 1. The third-order valence-corrected chi connectivity index (χ3v) is 2.34. The first-order chi connectivity index (χ1) is 7.22. The Kier molecular flexibility index (Phi) is 2.60. The Labute approximate surface area is 92.3 Å². The molecule has 2 rings (SSSR count). The van der Waals surface area contributed by atoms with E-state index in [1.807, 2.05) is 25.1 Å². The Bertz CT molecular complexity index is 481. The molecule has 5 heteroatoms. The molecule has 0 fully saturated rings. The summed E-state index contributed by atoms with van der Waals surface area (Å²) in [6.07, 6.45) is 0. The lowest BCUT2D eigenvalue weighted by Crippen LogP contribution is -1.91. The fraction of sp³-hybridized carbons (Fsp3) is 0.200. The smallest absolute Gasteiger partial charge is 0.267 e. The topological polar surface area (TPSA) is 50.8 Å². The highest BCUT2D eigenvalue weighted by Crippen LogP contribution is 2.31. The van der Waals surface area contributed by atoms with E-state index in [2.05, 4.69) is 15.2 Å². The number of nitrogens with zero attached hydrogens (tertiary/aromatic N) is 2. The molecule has 15 heavy (non-hydrogen) atoms. The Morgan fingerprint density at radius 3 is 2.80 bits per heavy atom. The van der Waals surface area contributed by atoms with E-state index < -0.39 is 0 Å². The number of para-hydroxylation sites is 1. The van der Waals surface area contributed by atoms with Gasteiger partial charge < -0.3 is 4.74 Å². The van der Waals surface area contributed by atoms with Crippen LogP contribution in [0.3, 0.4) is 0 Å². The van der Waals surface area contributed by atoms with Crippen molar-refractivity contribution in [3.05, 3.63) is 29.0 Å². The predicted molar refractivity (Wildman–Crippen MR) is 53.7 cm³/mol. The van der Waals surface area contributed by atoms with Gasteiger partial charge in [0, 0.05) is 6.07 Å². The van der Waals surface area contributed by atoms with Crippen molar-refractivity contribution >= 4 is 0 Å². The molecule has 0 aliphatic rings. The standard InChI is InChI=1S/C10H11ClN3O/c1-6-12-10(14-13-6)7-4-3-5-8(11)9(7)15-2/h3-5,11H,1-2H3,(H,12,13,14)/q+1. The number of benzene rings is 1. The lowest BCUT2D eigenvalue weighted by molar-refractivity contribution is -0.290. The number of aromatic amines is 1. The highest BCUT2D eigenvalue weighted by atomic mass is 35.5. The number of aryl methyl sites for hydroxylation is 1. The van der Waals surface area contributed by atoms with Crippen LogP contribution in [0.2, 0.25) is 5.02 Å². The normalized spacial score (nSPS) is 10.3. The zero-order valence-corrected chi connectivity index (χ0v) is 9.26. The molecule has 0 aliphatic carbocycles. The van der Waals surface area contributed by atoms with Gasteiger partial charge in [0.1, 0.15) is 5.82 Å². The maximum Gasteiger partial charge on any atom is 0.267 e. The van der Waals surface area contributed by atoms with Gasteiger partial charge in [0.05, 0.1) is 12.7 Å². The SMILES string of the molecule is COc1c([ClH+])cccc1-c1n[nH]c(C)n1. The Morgan fingerprint density at radius 1 is 1.40 bits per heavy atom. The second-order valence-corrected chi connectivity index (χ2v) is 3.52. The monoisotopic (exact) mass is 224 g/mol. The molecule has 0 aliphatic heterocycles. The van der Waals surface area contributed by atoms with Crippen LogP contribution < -0.4 is 4.74 Å². The van der Waals surface area contributed by atoms with E-state index >= 15 is 0 Å². The van der Waals surface area contributed by atoms with Gasteiger partial charge in [-0.3, -0.25) is 5.10 Å². The van der Waals surface area contributed by atoms with Crippen molar-refractivity contribution in [2.24, 2.45) is 0 Å². The van der Waals surface area contributed by atoms with Crippen LogP contribution in [0.4, 0.5) is 0 Å². The number of ether oxygens (including phenoxy) is 1. The third-order valence-electron chi connectivity index (χ3n) is 2.02. The summed E-state index contributed by atoms with van der Waals surface area (Å²) in [5, 5.41) is 7.52. The Balaban J connectivity index is 2.57. The van der Waals surface area contributed by atoms with Gasteiger partial charge in [-0.05, 0) is 13.0 Å². The minimum Gasteiger partial charge on any atom is -0.490 e. The van der Waals surface area contributed by atoms with Gasteiger partial charge in [-0.25, -0.2) is 4.98 Å². The van der Waals surface area contributed by atoms with Crippen molar-refractivity contribution in [1.82, 2.24) is 15.2 Å². The summed E-state index contributed by atoms with van der Waals surface area (Å²) >= 11 is 5.15. The van der Waals surface area contributed by atoms with Gasteiger partial charge in [-0.15, -0.1) is 0 Å². The van der Waals surface area contributed by atoms with Crippen LogP contribution in [-0.2, 0) is 0 Å². The molecule has 2 aromatic rings. The van der Waals surface area contributed by atoms with E-state index in [-0.39, 0.29) is 0 Å². The second kappa shape index (κ2) is 3.90. The van der Waals surface area contributed by atoms with E-state index in [4.69, 9.17) is 16.3 Å². The number of hydrogen-bond acceptors (Lipinski definition) is 3. The molecule has 78 valence electrons. The first kappa shape index (κ1) is 9.98. The van der Waals surface area contributed by atoms with Crippen LogP contribution in [-0.4, -0.2) is 22.3 Å². The minimum absolute atomic E-state index is 0.607. The number of rotatable bonds is 2. The van der Waals surface area contributed by atoms with Gasteiger partial charge in [-0.2, -0.15) is 5.10 Å². The first-order valence-corrected chi connectivity index (χ1v) is 4.86. The summed E-state index contributed by atoms with van der Waals surface area (Å²) in [5.41, 5.74) is 0.814. The van der Waals surface area contributed by atoms with Crippen LogP contribution in [0.1, 0.15) is 5.82 Å². The highest BCUT2D eigenvalue weighted by molar-refractivity contribution is 5.65. The fourth-order valence-corrected chi connectivity index (χ4v) is 1.64. The van der Waals surface area contributed by atoms with Crippen LogP contribution in [0.5, 0.6) is 5.75 Å². The highest BCUT2D eigenvalue weighted by Gasteiger charge is 2.16. The first-order valence-electron chi connectivity index (χ1n) is 4.45. The van der Waals surface area contributed by atoms with Crippen LogP contribution in [0, 0.1) is 18.5 Å². The number of hydrogen-bond donors (Lipinski definition) is 1. The summed E-state index contributed by atoms with van der Waals surface area (Å²) < 4.78 is 5.24. The summed E-state index contributed by atoms with van der Waals surface area (Å²) in [6, 6.07) is 5.57. The van der Waals surface area contributed by atoms with Crippen molar-refractivity contribution in [2.75, 3.05) is 7.11 Å². The van der Waals surface area contributed by atoms with Crippen LogP contribution >= 0.6 is 0 Å². The minimum atomic E-state index is 0.607.